The van der Waals surface area contributed by atoms with Crippen LogP contribution in [0.25, 0.3) is 10.9 Å². The van der Waals surface area contributed by atoms with E-state index in [0.717, 1.165) is 24.9 Å². The Kier molecular flexibility index (Phi) is 4.87. The molecule has 116 valence electrons. The lowest BCUT2D eigenvalue weighted by Crippen LogP contribution is -2.25. The SMILES string of the molecule is CN(C)CCCCNS(=O)(=O)c1c[nH]c2ccc(N)cc12. The smallest absolute Gasteiger partial charge is 0.242 e. The molecule has 1 heterocycles. The highest BCUT2D eigenvalue weighted by Crippen LogP contribution is 2.24. The Hall–Kier alpha value is -1.57. The van der Waals surface area contributed by atoms with Gasteiger partial charge in [0.05, 0.1) is 0 Å². The fraction of sp³-hybridized carbons (Fsp3) is 0.429. The summed E-state index contributed by atoms with van der Waals surface area (Å²) in [5, 5.41) is 0.621. The number of unbranched alkanes of at least 4 members (excludes halogenated alkanes) is 1. The van der Waals surface area contributed by atoms with Gasteiger partial charge < -0.3 is 15.6 Å². The van der Waals surface area contributed by atoms with E-state index in [2.05, 4.69) is 14.6 Å². The van der Waals surface area contributed by atoms with E-state index in [4.69, 9.17) is 5.73 Å². The summed E-state index contributed by atoms with van der Waals surface area (Å²) < 4.78 is 27.3. The zero-order chi connectivity index (χ0) is 15.5. The maximum atomic E-state index is 12.3. The van der Waals surface area contributed by atoms with Gasteiger partial charge in [-0.2, -0.15) is 0 Å². The molecule has 2 aromatic rings. The van der Waals surface area contributed by atoms with Gasteiger partial charge in [0.2, 0.25) is 10.0 Å². The van der Waals surface area contributed by atoms with E-state index >= 15 is 0 Å². The molecule has 7 heteroatoms. The Morgan fingerprint density at radius 1 is 1.29 bits per heavy atom. The minimum atomic E-state index is -3.51. The van der Waals surface area contributed by atoms with Gasteiger partial charge in [0.1, 0.15) is 4.90 Å². The van der Waals surface area contributed by atoms with Gasteiger partial charge in [0.25, 0.3) is 0 Å². The van der Waals surface area contributed by atoms with Crippen LogP contribution in [0.15, 0.2) is 29.3 Å². The third kappa shape index (κ3) is 3.96. The Morgan fingerprint density at radius 3 is 2.76 bits per heavy atom. The largest absolute Gasteiger partial charge is 0.399 e. The second kappa shape index (κ2) is 6.46. The van der Waals surface area contributed by atoms with Crippen LogP contribution in [0.1, 0.15) is 12.8 Å². The van der Waals surface area contributed by atoms with Crippen molar-refractivity contribution in [1.29, 1.82) is 0 Å². The Bertz CT molecular complexity index is 707. The Balaban J connectivity index is 2.06. The van der Waals surface area contributed by atoms with Crippen LogP contribution in [0.4, 0.5) is 5.69 Å². The summed E-state index contributed by atoms with van der Waals surface area (Å²) in [6, 6.07) is 5.19. The van der Waals surface area contributed by atoms with Crippen LogP contribution in [0.5, 0.6) is 0 Å². The molecule has 0 saturated carbocycles. The molecule has 0 atom stereocenters. The lowest BCUT2D eigenvalue weighted by Gasteiger charge is -2.09. The van der Waals surface area contributed by atoms with Gasteiger partial charge in [0.15, 0.2) is 0 Å². The third-order valence-electron chi connectivity index (χ3n) is 3.28. The molecule has 1 aromatic carbocycles. The number of hydrogen-bond donors (Lipinski definition) is 3. The zero-order valence-corrected chi connectivity index (χ0v) is 13.2. The maximum Gasteiger partial charge on any atom is 0.242 e. The summed E-state index contributed by atoms with van der Waals surface area (Å²) in [5.74, 6) is 0. The normalized spacial score (nSPS) is 12.3. The van der Waals surface area contributed by atoms with Gasteiger partial charge in [-0.25, -0.2) is 13.1 Å². The number of benzene rings is 1. The molecule has 0 radical (unpaired) electrons. The molecule has 0 spiro atoms. The van der Waals surface area contributed by atoms with Gasteiger partial charge in [-0.3, -0.25) is 0 Å². The quantitative estimate of drug-likeness (QED) is 0.532. The van der Waals surface area contributed by atoms with E-state index < -0.39 is 10.0 Å². The standard InChI is InChI=1S/C14H22N4O2S/c1-18(2)8-4-3-7-17-21(19,20)14-10-16-13-6-5-11(15)9-12(13)14/h5-6,9-10,16-17H,3-4,7-8,15H2,1-2H3. The minimum Gasteiger partial charge on any atom is -0.399 e. The number of nitrogens with zero attached hydrogens (tertiary/aromatic N) is 1. The molecule has 0 aliphatic carbocycles. The minimum absolute atomic E-state index is 0.248. The summed E-state index contributed by atoms with van der Waals surface area (Å²) in [7, 11) is 0.490. The third-order valence-corrected chi connectivity index (χ3v) is 4.78. The molecule has 1 aromatic heterocycles. The number of nitrogens with two attached hydrogens (primary N) is 1. The van der Waals surface area contributed by atoms with E-state index in [1.807, 2.05) is 14.1 Å². The average molecular weight is 310 g/mol. The monoisotopic (exact) mass is 310 g/mol. The van der Waals surface area contributed by atoms with E-state index in [1.165, 1.54) is 6.20 Å². The molecule has 0 fully saturated rings. The number of aromatic amines is 1. The number of aromatic nitrogens is 1. The lowest BCUT2D eigenvalue weighted by molar-refractivity contribution is 0.394. The van der Waals surface area contributed by atoms with Crippen LogP contribution in [-0.4, -0.2) is 45.5 Å². The summed E-state index contributed by atoms with van der Waals surface area (Å²) in [5.41, 5.74) is 7.04. The number of hydrogen-bond acceptors (Lipinski definition) is 4. The molecule has 4 N–H and O–H groups in total. The average Bonchev–Trinajstić information content (AvgIpc) is 2.81. The van der Waals surface area contributed by atoms with Crippen LogP contribution in [0.3, 0.4) is 0 Å². The molecule has 0 bridgehead atoms. The number of nitrogens with one attached hydrogen (secondary N) is 2. The van der Waals surface area contributed by atoms with Crippen LogP contribution in [0, 0.1) is 0 Å². The van der Waals surface area contributed by atoms with Crippen molar-refractivity contribution in [2.75, 3.05) is 32.9 Å². The molecule has 0 amide bonds. The van der Waals surface area contributed by atoms with Gasteiger partial charge in [-0.15, -0.1) is 0 Å². The van der Waals surface area contributed by atoms with Crippen molar-refractivity contribution >= 4 is 26.6 Å². The first-order valence-electron chi connectivity index (χ1n) is 6.91. The number of fused-ring (bicyclic) bond motifs is 1. The number of anilines is 1. The van der Waals surface area contributed by atoms with Crippen molar-refractivity contribution in [2.24, 2.45) is 0 Å². The zero-order valence-electron chi connectivity index (χ0n) is 12.4. The van der Waals surface area contributed by atoms with E-state index in [-0.39, 0.29) is 4.90 Å². The molecular formula is C14H22N4O2S. The van der Waals surface area contributed by atoms with Crippen molar-refractivity contribution < 1.29 is 8.42 Å². The van der Waals surface area contributed by atoms with Crippen molar-refractivity contribution in [3.63, 3.8) is 0 Å². The van der Waals surface area contributed by atoms with Crippen molar-refractivity contribution in [2.45, 2.75) is 17.7 Å². The molecule has 0 aliphatic rings. The van der Waals surface area contributed by atoms with E-state index in [0.29, 0.717) is 17.6 Å². The molecule has 0 saturated heterocycles. The Morgan fingerprint density at radius 2 is 2.05 bits per heavy atom. The number of sulfonamides is 1. The van der Waals surface area contributed by atoms with Crippen molar-refractivity contribution in [1.82, 2.24) is 14.6 Å². The first-order chi connectivity index (χ1) is 9.90. The fourth-order valence-electron chi connectivity index (χ4n) is 2.17. The van der Waals surface area contributed by atoms with Crippen LogP contribution < -0.4 is 10.5 Å². The summed E-state index contributed by atoms with van der Waals surface area (Å²) in [4.78, 5) is 5.28. The van der Waals surface area contributed by atoms with Gasteiger partial charge in [0, 0.05) is 29.3 Å². The summed E-state index contributed by atoms with van der Waals surface area (Å²) in [6.07, 6.45) is 3.27. The molecular weight excluding hydrogens is 288 g/mol. The highest BCUT2D eigenvalue weighted by atomic mass is 32.2. The van der Waals surface area contributed by atoms with Crippen LogP contribution in [-0.2, 0) is 10.0 Å². The summed E-state index contributed by atoms with van der Waals surface area (Å²) in [6.45, 7) is 1.39. The number of rotatable bonds is 7. The highest BCUT2D eigenvalue weighted by Gasteiger charge is 2.18. The molecule has 0 unspecified atom stereocenters. The lowest BCUT2D eigenvalue weighted by atomic mass is 10.2. The Labute approximate surface area is 125 Å². The van der Waals surface area contributed by atoms with Gasteiger partial charge in [-0.1, -0.05) is 0 Å². The topological polar surface area (TPSA) is 91.2 Å². The number of H-pyrrole nitrogens is 1. The predicted molar refractivity (Wildman–Crippen MR) is 85.7 cm³/mol. The van der Waals surface area contributed by atoms with Gasteiger partial charge in [-0.05, 0) is 51.7 Å². The molecule has 2 rings (SSSR count). The first-order valence-corrected chi connectivity index (χ1v) is 8.39. The predicted octanol–water partition coefficient (Wildman–Crippen LogP) is 1.37. The maximum absolute atomic E-state index is 12.3. The number of nitrogen functional groups attached to an aromatic ring is 1. The van der Waals surface area contributed by atoms with E-state index in [1.54, 1.807) is 18.2 Å². The van der Waals surface area contributed by atoms with Gasteiger partial charge >= 0.3 is 0 Å². The van der Waals surface area contributed by atoms with Crippen molar-refractivity contribution in [3.05, 3.63) is 24.4 Å². The first kappa shape index (κ1) is 15.8. The van der Waals surface area contributed by atoms with Crippen LogP contribution in [0.2, 0.25) is 0 Å². The fourth-order valence-corrected chi connectivity index (χ4v) is 3.41. The second-order valence-corrected chi connectivity index (χ2v) is 7.10. The second-order valence-electron chi connectivity index (χ2n) is 5.37. The molecule has 0 aliphatic heterocycles. The molecule has 21 heavy (non-hydrogen) atoms. The van der Waals surface area contributed by atoms with Crippen molar-refractivity contribution in [3.8, 4) is 0 Å². The van der Waals surface area contributed by atoms with E-state index in [9.17, 15) is 8.42 Å². The summed E-state index contributed by atoms with van der Waals surface area (Å²) >= 11 is 0. The molecule has 6 nitrogen and oxygen atoms in total. The highest BCUT2D eigenvalue weighted by molar-refractivity contribution is 7.89. The van der Waals surface area contributed by atoms with Crippen LogP contribution >= 0.6 is 0 Å².